The monoisotopic (exact) mass is 318 g/mol. The van der Waals surface area contributed by atoms with Gasteiger partial charge in [-0.1, -0.05) is 12.5 Å². The Morgan fingerprint density at radius 3 is 2.83 bits per heavy atom. The maximum atomic E-state index is 12.4. The number of carboxylic acid groups (broad SMARTS) is 1. The number of aliphatic carboxylic acids is 1. The van der Waals surface area contributed by atoms with Crippen molar-refractivity contribution < 1.29 is 19.5 Å². The molecule has 1 saturated heterocycles. The standard InChI is InChI=1S/C15H18N4O4/c16-12(20)10-4-1-5-11(17-10)18-14(23)19-7-9-3-2-6-15(9,8-19)13(21)22/h1,4-5,9H,2-3,6-8H2,(H2,16,20)(H,21,22)(H,17,18,23)/t9-,15+/m0/s1. The van der Waals surface area contributed by atoms with Crippen LogP contribution in [0.5, 0.6) is 0 Å². The van der Waals surface area contributed by atoms with Gasteiger partial charge in [0.25, 0.3) is 5.91 Å². The van der Waals surface area contributed by atoms with E-state index in [4.69, 9.17) is 5.73 Å². The van der Waals surface area contributed by atoms with Crippen molar-refractivity contribution in [3.63, 3.8) is 0 Å². The van der Waals surface area contributed by atoms with E-state index in [1.807, 2.05) is 0 Å². The summed E-state index contributed by atoms with van der Waals surface area (Å²) in [6.45, 7) is 0.627. The van der Waals surface area contributed by atoms with Crippen LogP contribution < -0.4 is 11.1 Å². The van der Waals surface area contributed by atoms with Gasteiger partial charge in [-0.05, 0) is 30.9 Å². The Morgan fingerprint density at radius 2 is 2.17 bits per heavy atom. The second-order valence-electron chi connectivity index (χ2n) is 6.13. The Morgan fingerprint density at radius 1 is 1.39 bits per heavy atom. The number of carbonyl (C=O) groups is 3. The van der Waals surface area contributed by atoms with E-state index in [1.165, 1.54) is 11.0 Å². The summed E-state index contributed by atoms with van der Waals surface area (Å²) in [4.78, 5) is 40.6. The number of rotatable bonds is 3. The minimum Gasteiger partial charge on any atom is -0.481 e. The number of amides is 3. The lowest BCUT2D eigenvalue weighted by Gasteiger charge is -2.23. The van der Waals surface area contributed by atoms with Crippen LogP contribution in [-0.4, -0.2) is 46.0 Å². The van der Waals surface area contributed by atoms with Gasteiger partial charge in [-0.3, -0.25) is 14.9 Å². The minimum atomic E-state index is -0.829. The molecule has 3 amide bonds. The lowest BCUT2D eigenvalue weighted by Crippen LogP contribution is -2.38. The van der Waals surface area contributed by atoms with Crippen molar-refractivity contribution in [2.75, 3.05) is 18.4 Å². The van der Waals surface area contributed by atoms with Crippen LogP contribution in [0.1, 0.15) is 29.8 Å². The summed E-state index contributed by atoms with van der Waals surface area (Å²) >= 11 is 0. The lowest BCUT2D eigenvalue weighted by atomic mass is 9.81. The Balaban J connectivity index is 1.72. The zero-order valence-electron chi connectivity index (χ0n) is 12.5. The number of carboxylic acids is 1. The van der Waals surface area contributed by atoms with Crippen molar-refractivity contribution in [2.24, 2.45) is 17.1 Å². The van der Waals surface area contributed by atoms with Crippen molar-refractivity contribution in [1.82, 2.24) is 9.88 Å². The average molecular weight is 318 g/mol. The maximum Gasteiger partial charge on any atom is 0.323 e. The van der Waals surface area contributed by atoms with Gasteiger partial charge in [0.1, 0.15) is 11.5 Å². The first-order valence-electron chi connectivity index (χ1n) is 7.48. The van der Waals surface area contributed by atoms with Crippen molar-refractivity contribution in [1.29, 1.82) is 0 Å². The van der Waals surface area contributed by atoms with E-state index in [1.54, 1.807) is 12.1 Å². The summed E-state index contributed by atoms with van der Waals surface area (Å²) < 4.78 is 0. The van der Waals surface area contributed by atoms with Crippen LogP contribution in [0.15, 0.2) is 18.2 Å². The smallest absolute Gasteiger partial charge is 0.323 e. The van der Waals surface area contributed by atoms with Crippen LogP contribution in [0.2, 0.25) is 0 Å². The predicted molar refractivity (Wildman–Crippen MR) is 80.8 cm³/mol. The highest BCUT2D eigenvalue weighted by molar-refractivity contribution is 5.93. The zero-order valence-corrected chi connectivity index (χ0v) is 12.5. The molecule has 2 fully saturated rings. The molecular weight excluding hydrogens is 300 g/mol. The van der Waals surface area contributed by atoms with Gasteiger partial charge in [0.05, 0.1) is 5.41 Å². The van der Waals surface area contributed by atoms with Crippen LogP contribution in [0, 0.1) is 11.3 Å². The fourth-order valence-electron chi connectivity index (χ4n) is 3.62. The number of carbonyl (C=O) groups excluding carboxylic acids is 2. The molecular formula is C15H18N4O4. The molecule has 0 unspecified atom stereocenters. The van der Waals surface area contributed by atoms with Gasteiger partial charge in [0.2, 0.25) is 0 Å². The van der Waals surface area contributed by atoms with Crippen LogP contribution in [0.4, 0.5) is 10.6 Å². The van der Waals surface area contributed by atoms with Crippen LogP contribution in [0.3, 0.4) is 0 Å². The van der Waals surface area contributed by atoms with Crippen LogP contribution in [-0.2, 0) is 4.79 Å². The molecule has 2 aliphatic rings. The molecule has 1 aliphatic carbocycles. The third-order valence-corrected chi connectivity index (χ3v) is 4.82. The van der Waals surface area contributed by atoms with E-state index in [0.717, 1.165) is 12.8 Å². The third-order valence-electron chi connectivity index (χ3n) is 4.82. The van der Waals surface area contributed by atoms with Gasteiger partial charge < -0.3 is 15.7 Å². The van der Waals surface area contributed by atoms with Gasteiger partial charge >= 0.3 is 12.0 Å². The number of nitrogens with zero attached hydrogens (tertiary/aromatic N) is 2. The molecule has 122 valence electrons. The maximum absolute atomic E-state index is 12.4. The number of hydrogen-bond donors (Lipinski definition) is 3. The molecule has 2 heterocycles. The molecule has 1 aromatic rings. The largest absolute Gasteiger partial charge is 0.481 e. The fourth-order valence-corrected chi connectivity index (χ4v) is 3.62. The molecule has 8 heteroatoms. The molecule has 0 bridgehead atoms. The Bertz CT molecular complexity index is 677. The first-order chi connectivity index (χ1) is 10.9. The van der Waals surface area contributed by atoms with Crippen LogP contribution in [0.25, 0.3) is 0 Å². The van der Waals surface area contributed by atoms with Gasteiger partial charge in [-0.2, -0.15) is 0 Å². The number of anilines is 1. The SMILES string of the molecule is NC(=O)c1cccc(NC(=O)N2C[C@@H]3CCC[C@@]3(C(=O)O)C2)n1. The summed E-state index contributed by atoms with van der Waals surface area (Å²) in [5.74, 6) is -1.30. The number of likely N-dealkylation sites (tertiary alicyclic amines) is 1. The van der Waals surface area contributed by atoms with E-state index in [-0.39, 0.29) is 24.0 Å². The number of hydrogen-bond acceptors (Lipinski definition) is 4. The molecule has 1 aliphatic heterocycles. The molecule has 0 radical (unpaired) electrons. The van der Waals surface area contributed by atoms with Crippen molar-refractivity contribution in [3.05, 3.63) is 23.9 Å². The number of pyridine rings is 1. The van der Waals surface area contributed by atoms with Gasteiger partial charge in [-0.15, -0.1) is 0 Å². The number of nitrogens with two attached hydrogens (primary N) is 1. The first-order valence-corrected chi connectivity index (χ1v) is 7.48. The highest BCUT2D eigenvalue weighted by Gasteiger charge is 2.55. The second-order valence-corrected chi connectivity index (χ2v) is 6.13. The van der Waals surface area contributed by atoms with Crippen molar-refractivity contribution in [3.8, 4) is 0 Å². The molecule has 4 N–H and O–H groups in total. The lowest BCUT2D eigenvalue weighted by molar-refractivity contribution is -0.149. The van der Waals surface area contributed by atoms with E-state index in [9.17, 15) is 19.5 Å². The number of fused-ring (bicyclic) bond motifs is 1. The Hall–Kier alpha value is -2.64. The van der Waals surface area contributed by atoms with E-state index >= 15 is 0 Å². The number of aromatic nitrogens is 1. The second kappa shape index (κ2) is 5.53. The van der Waals surface area contributed by atoms with E-state index in [2.05, 4.69) is 10.3 Å². The Labute approximate surface area is 132 Å². The number of primary amides is 1. The molecule has 3 rings (SSSR count). The fraction of sp³-hybridized carbons (Fsp3) is 0.467. The van der Waals surface area contributed by atoms with Crippen molar-refractivity contribution >= 4 is 23.7 Å². The van der Waals surface area contributed by atoms with Gasteiger partial charge in [0.15, 0.2) is 0 Å². The zero-order chi connectivity index (χ0) is 16.6. The van der Waals surface area contributed by atoms with E-state index < -0.39 is 23.3 Å². The summed E-state index contributed by atoms with van der Waals surface area (Å²) in [6, 6.07) is 4.17. The number of urea groups is 1. The molecule has 2 atom stereocenters. The molecule has 0 spiro atoms. The van der Waals surface area contributed by atoms with Gasteiger partial charge in [-0.25, -0.2) is 9.78 Å². The predicted octanol–water partition coefficient (Wildman–Crippen LogP) is 0.899. The van der Waals surface area contributed by atoms with Crippen LogP contribution >= 0.6 is 0 Å². The molecule has 1 aromatic heterocycles. The summed E-state index contributed by atoms with van der Waals surface area (Å²) in [7, 11) is 0. The molecule has 23 heavy (non-hydrogen) atoms. The summed E-state index contributed by atoms with van der Waals surface area (Å²) in [6.07, 6.45) is 2.31. The molecule has 8 nitrogen and oxygen atoms in total. The topological polar surface area (TPSA) is 126 Å². The highest BCUT2D eigenvalue weighted by Crippen LogP contribution is 2.48. The summed E-state index contributed by atoms with van der Waals surface area (Å²) in [5.41, 5.74) is 4.40. The highest BCUT2D eigenvalue weighted by atomic mass is 16.4. The Kier molecular flexibility index (Phi) is 3.67. The average Bonchev–Trinajstić information content (AvgIpc) is 3.05. The summed E-state index contributed by atoms with van der Waals surface area (Å²) in [5, 5.41) is 12.1. The quantitative estimate of drug-likeness (QED) is 0.763. The minimum absolute atomic E-state index is 0.00402. The normalized spacial score (nSPS) is 25.9. The third kappa shape index (κ3) is 2.60. The molecule has 0 aromatic carbocycles. The first kappa shape index (κ1) is 15.3. The van der Waals surface area contributed by atoms with Crippen molar-refractivity contribution in [2.45, 2.75) is 19.3 Å². The van der Waals surface area contributed by atoms with E-state index in [0.29, 0.717) is 13.0 Å². The molecule has 1 saturated carbocycles. The van der Waals surface area contributed by atoms with Gasteiger partial charge in [0, 0.05) is 13.1 Å². The number of nitrogens with one attached hydrogen (secondary N) is 1.